The van der Waals surface area contributed by atoms with Crippen LogP contribution in [0, 0.1) is 5.92 Å². The highest BCUT2D eigenvalue weighted by Gasteiger charge is 2.48. The number of allylic oxidation sites excluding steroid dienone is 2. The van der Waals surface area contributed by atoms with Crippen molar-refractivity contribution in [3.63, 3.8) is 0 Å². The lowest BCUT2D eigenvalue weighted by molar-refractivity contribution is 0.210. The second-order valence-electron chi connectivity index (χ2n) is 8.90. The summed E-state index contributed by atoms with van der Waals surface area (Å²) in [6.07, 6.45) is 7.61. The molecule has 1 fully saturated rings. The first-order chi connectivity index (χ1) is 15.5. The number of hydrogen-bond donors (Lipinski definition) is 2. The van der Waals surface area contributed by atoms with Crippen LogP contribution >= 0.6 is 0 Å². The Morgan fingerprint density at radius 3 is 2.66 bits per heavy atom. The van der Waals surface area contributed by atoms with Gasteiger partial charge >= 0.3 is 0 Å². The van der Waals surface area contributed by atoms with Crippen LogP contribution in [-0.4, -0.2) is 44.1 Å². The molecule has 2 aromatic carbocycles. The minimum Gasteiger partial charge on any atom is -0.497 e. The van der Waals surface area contributed by atoms with Crippen molar-refractivity contribution in [3.8, 4) is 5.75 Å². The Balaban J connectivity index is 1.57. The van der Waals surface area contributed by atoms with E-state index in [2.05, 4.69) is 29.6 Å². The Labute approximate surface area is 190 Å². The van der Waals surface area contributed by atoms with Crippen molar-refractivity contribution in [1.82, 2.24) is 4.31 Å². The van der Waals surface area contributed by atoms with Gasteiger partial charge in [0.15, 0.2) is 0 Å². The monoisotopic (exact) mass is 454 g/mol. The highest BCUT2D eigenvalue weighted by molar-refractivity contribution is 7.89. The second kappa shape index (κ2) is 8.54. The maximum absolute atomic E-state index is 13.7. The largest absolute Gasteiger partial charge is 0.497 e. The predicted octanol–water partition coefficient (Wildman–Crippen LogP) is 4.19. The summed E-state index contributed by atoms with van der Waals surface area (Å²) in [5.74, 6) is 0.650. The summed E-state index contributed by atoms with van der Waals surface area (Å²) in [6.45, 7) is 0.415. The van der Waals surface area contributed by atoms with Crippen LogP contribution in [0.25, 0.3) is 5.57 Å². The van der Waals surface area contributed by atoms with Gasteiger partial charge in [-0.05, 0) is 85.2 Å². The zero-order chi connectivity index (χ0) is 22.3. The fourth-order valence-electron chi connectivity index (χ4n) is 5.47. The van der Waals surface area contributed by atoms with Gasteiger partial charge in [-0.3, -0.25) is 0 Å². The lowest BCUT2D eigenvalue weighted by Crippen LogP contribution is -2.42. The van der Waals surface area contributed by atoms with E-state index in [1.165, 1.54) is 24.0 Å². The molecule has 2 heterocycles. The van der Waals surface area contributed by atoms with E-state index in [9.17, 15) is 13.5 Å². The van der Waals surface area contributed by atoms with Crippen molar-refractivity contribution >= 4 is 21.3 Å². The molecule has 1 saturated heterocycles. The average Bonchev–Trinajstić information content (AvgIpc) is 3.30. The number of rotatable bonds is 5. The van der Waals surface area contributed by atoms with Gasteiger partial charge in [0.05, 0.1) is 30.7 Å². The standard InChI is InChI=1S/C25H30N2O4S/c1-31-19-8-10-20(11-9-19)32(29,30)27-14-13-21-24(16-28)26-23-12-7-18(15-22(23)25(21)27)17-5-3-2-4-6-17/h5,7-12,15,21,24-26,28H,2-4,6,13-14,16H2,1H3/t21-,24-,25-/m1/s1. The molecule has 1 aliphatic carbocycles. The molecule has 0 saturated carbocycles. The first-order valence-electron chi connectivity index (χ1n) is 11.4. The Morgan fingerprint density at radius 1 is 1.16 bits per heavy atom. The molecule has 2 aliphatic heterocycles. The molecule has 0 aromatic heterocycles. The molecule has 32 heavy (non-hydrogen) atoms. The summed E-state index contributed by atoms with van der Waals surface area (Å²) in [7, 11) is -2.13. The van der Waals surface area contributed by atoms with E-state index >= 15 is 0 Å². The van der Waals surface area contributed by atoms with Gasteiger partial charge in [-0.25, -0.2) is 8.42 Å². The number of benzene rings is 2. The van der Waals surface area contributed by atoms with Crippen molar-refractivity contribution in [1.29, 1.82) is 0 Å². The number of aliphatic hydroxyl groups is 1. The van der Waals surface area contributed by atoms with Gasteiger partial charge in [0.1, 0.15) is 5.75 Å². The number of ether oxygens (including phenoxy) is 1. The van der Waals surface area contributed by atoms with Crippen LogP contribution in [-0.2, 0) is 10.0 Å². The van der Waals surface area contributed by atoms with Gasteiger partial charge in [-0.1, -0.05) is 12.1 Å². The normalized spacial score (nSPS) is 25.4. The molecule has 170 valence electrons. The quantitative estimate of drug-likeness (QED) is 0.708. The van der Waals surface area contributed by atoms with Crippen molar-refractivity contribution < 1.29 is 18.3 Å². The maximum Gasteiger partial charge on any atom is 0.243 e. The first-order valence-corrected chi connectivity index (χ1v) is 12.8. The SMILES string of the molecule is COc1ccc(S(=O)(=O)N2CC[C@@H]3[C@@H](CO)Nc4ccc(C5=CCCCC5)cc4[C@@H]32)cc1. The Bertz CT molecular complexity index is 1130. The van der Waals surface area contributed by atoms with E-state index in [1.54, 1.807) is 35.7 Å². The molecule has 0 unspecified atom stereocenters. The number of fused-ring (bicyclic) bond motifs is 3. The fraction of sp³-hybridized carbons (Fsp3) is 0.440. The molecule has 3 atom stereocenters. The van der Waals surface area contributed by atoms with E-state index < -0.39 is 10.0 Å². The number of hydrogen-bond acceptors (Lipinski definition) is 5. The third-order valence-electron chi connectivity index (χ3n) is 7.15. The Hall–Kier alpha value is -2.35. The van der Waals surface area contributed by atoms with E-state index in [0.29, 0.717) is 18.7 Å². The van der Waals surface area contributed by atoms with Crippen LogP contribution < -0.4 is 10.1 Å². The molecule has 0 amide bonds. The zero-order valence-corrected chi connectivity index (χ0v) is 19.1. The lowest BCUT2D eigenvalue weighted by Gasteiger charge is -2.39. The minimum absolute atomic E-state index is 0.0239. The van der Waals surface area contributed by atoms with Gasteiger partial charge < -0.3 is 15.2 Å². The summed E-state index contributed by atoms with van der Waals surface area (Å²) >= 11 is 0. The van der Waals surface area contributed by atoms with Gasteiger partial charge in [0.2, 0.25) is 10.0 Å². The molecule has 0 bridgehead atoms. The van der Waals surface area contributed by atoms with Crippen LogP contribution in [0.5, 0.6) is 5.75 Å². The van der Waals surface area contributed by atoms with Crippen LogP contribution in [0.3, 0.4) is 0 Å². The fourth-order valence-corrected chi connectivity index (χ4v) is 7.14. The molecule has 0 spiro atoms. The predicted molar refractivity (Wildman–Crippen MR) is 125 cm³/mol. The highest BCUT2D eigenvalue weighted by Crippen LogP contribution is 2.49. The van der Waals surface area contributed by atoms with E-state index in [4.69, 9.17) is 4.74 Å². The van der Waals surface area contributed by atoms with E-state index in [0.717, 1.165) is 24.1 Å². The number of anilines is 1. The van der Waals surface area contributed by atoms with Crippen molar-refractivity contribution in [3.05, 3.63) is 59.7 Å². The van der Waals surface area contributed by atoms with E-state index in [1.807, 2.05) is 0 Å². The first kappa shape index (κ1) is 21.5. The third kappa shape index (κ3) is 3.62. The number of methoxy groups -OCH3 is 1. The number of nitrogens with zero attached hydrogens (tertiary/aromatic N) is 1. The Kier molecular flexibility index (Phi) is 5.73. The summed E-state index contributed by atoms with van der Waals surface area (Å²) in [5, 5.41) is 13.5. The smallest absolute Gasteiger partial charge is 0.243 e. The second-order valence-corrected chi connectivity index (χ2v) is 10.8. The lowest BCUT2D eigenvalue weighted by atomic mass is 9.82. The molecular weight excluding hydrogens is 424 g/mol. The van der Waals surface area contributed by atoms with Crippen LogP contribution in [0.1, 0.15) is 49.3 Å². The zero-order valence-electron chi connectivity index (χ0n) is 18.3. The van der Waals surface area contributed by atoms with Gasteiger partial charge in [-0.2, -0.15) is 4.31 Å². The number of sulfonamides is 1. The molecular formula is C25H30N2O4S. The average molecular weight is 455 g/mol. The molecule has 2 aromatic rings. The third-order valence-corrected chi connectivity index (χ3v) is 9.05. The topological polar surface area (TPSA) is 78.9 Å². The van der Waals surface area contributed by atoms with Crippen LogP contribution in [0.2, 0.25) is 0 Å². The van der Waals surface area contributed by atoms with Crippen molar-refractivity contribution in [2.45, 2.75) is 49.1 Å². The molecule has 2 N–H and O–H groups in total. The molecule has 3 aliphatic rings. The summed E-state index contributed by atoms with van der Waals surface area (Å²) in [6, 6.07) is 12.5. The van der Waals surface area contributed by atoms with Crippen molar-refractivity contribution in [2.24, 2.45) is 5.92 Å². The van der Waals surface area contributed by atoms with Crippen molar-refractivity contribution in [2.75, 3.05) is 25.6 Å². The number of nitrogens with one attached hydrogen (secondary N) is 1. The Morgan fingerprint density at radius 2 is 1.97 bits per heavy atom. The van der Waals surface area contributed by atoms with Gasteiger partial charge in [0, 0.05) is 18.2 Å². The summed E-state index contributed by atoms with van der Waals surface area (Å²) in [5.41, 5.74) is 4.46. The summed E-state index contributed by atoms with van der Waals surface area (Å²) in [4.78, 5) is 0.269. The van der Waals surface area contributed by atoms with Crippen LogP contribution in [0.15, 0.2) is 53.4 Å². The highest BCUT2D eigenvalue weighted by atomic mass is 32.2. The molecule has 0 radical (unpaired) electrons. The molecule has 6 nitrogen and oxygen atoms in total. The van der Waals surface area contributed by atoms with Gasteiger partial charge in [-0.15, -0.1) is 0 Å². The minimum atomic E-state index is -3.69. The molecule has 5 rings (SSSR count). The number of aliphatic hydroxyl groups excluding tert-OH is 1. The molecule has 7 heteroatoms. The summed E-state index contributed by atoms with van der Waals surface area (Å²) < 4.78 is 34.2. The maximum atomic E-state index is 13.7. The van der Waals surface area contributed by atoms with Crippen LogP contribution in [0.4, 0.5) is 5.69 Å². The van der Waals surface area contributed by atoms with Gasteiger partial charge in [0.25, 0.3) is 0 Å². The van der Waals surface area contributed by atoms with E-state index in [-0.39, 0.29) is 29.5 Å².